The molecule has 2 N–H and O–H groups in total. The number of hydrogen-bond donors (Lipinski definition) is 1. The molecule has 1 rings (SSSR count). The van der Waals surface area contributed by atoms with Crippen LogP contribution in [0.25, 0.3) is 0 Å². The Labute approximate surface area is 72.2 Å². The zero-order chi connectivity index (χ0) is 8.10. The summed E-state index contributed by atoms with van der Waals surface area (Å²) in [6, 6.07) is 2.19. The van der Waals surface area contributed by atoms with Gasteiger partial charge in [-0.25, -0.2) is 0 Å². The summed E-state index contributed by atoms with van der Waals surface area (Å²) >= 11 is 1.77. The SMILES string of the molecule is CC(CN)CCc1ccsc1. The second kappa shape index (κ2) is 4.52. The van der Waals surface area contributed by atoms with Crippen molar-refractivity contribution in [2.75, 3.05) is 6.54 Å². The van der Waals surface area contributed by atoms with E-state index < -0.39 is 0 Å². The molecule has 0 aliphatic rings. The standard InChI is InChI=1S/C9H15NS/c1-8(6-10)2-3-9-4-5-11-7-9/h4-5,7-8H,2-3,6,10H2,1H3. The third kappa shape index (κ3) is 3.04. The van der Waals surface area contributed by atoms with Gasteiger partial charge in [0.1, 0.15) is 0 Å². The van der Waals surface area contributed by atoms with E-state index in [-0.39, 0.29) is 0 Å². The van der Waals surface area contributed by atoms with Crippen LogP contribution in [-0.4, -0.2) is 6.54 Å². The second-order valence-corrected chi connectivity index (χ2v) is 3.79. The highest BCUT2D eigenvalue weighted by molar-refractivity contribution is 7.07. The molecule has 0 aliphatic heterocycles. The summed E-state index contributed by atoms with van der Waals surface area (Å²) < 4.78 is 0. The van der Waals surface area contributed by atoms with Gasteiger partial charge in [-0.3, -0.25) is 0 Å². The summed E-state index contributed by atoms with van der Waals surface area (Å²) in [6.45, 7) is 3.01. The Bertz CT molecular complexity index is 181. The molecule has 0 saturated carbocycles. The van der Waals surface area contributed by atoms with Crippen molar-refractivity contribution in [2.24, 2.45) is 11.7 Å². The summed E-state index contributed by atoms with van der Waals surface area (Å²) in [5.41, 5.74) is 6.97. The lowest BCUT2D eigenvalue weighted by Crippen LogP contribution is -2.11. The van der Waals surface area contributed by atoms with E-state index in [4.69, 9.17) is 5.73 Å². The third-order valence-electron chi connectivity index (χ3n) is 1.91. The van der Waals surface area contributed by atoms with Crippen LogP contribution >= 0.6 is 11.3 Å². The molecule has 0 spiro atoms. The highest BCUT2D eigenvalue weighted by Crippen LogP contribution is 2.11. The van der Waals surface area contributed by atoms with Crippen molar-refractivity contribution in [1.29, 1.82) is 0 Å². The number of aryl methyl sites for hydroxylation is 1. The van der Waals surface area contributed by atoms with Gasteiger partial charge in [0.2, 0.25) is 0 Å². The van der Waals surface area contributed by atoms with E-state index in [0.717, 1.165) is 6.54 Å². The molecule has 1 aromatic heterocycles. The summed E-state index contributed by atoms with van der Waals surface area (Å²) in [6.07, 6.45) is 2.40. The molecular weight excluding hydrogens is 154 g/mol. The molecule has 0 amide bonds. The van der Waals surface area contributed by atoms with Crippen molar-refractivity contribution >= 4 is 11.3 Å². The minimum Gasteiger partial charge on any atom is -0.330 e. The molecule has 0 saturated heterocycles. The van der Waals surface area contributed by atoms with Gasteiger partial charge in [0.25, 0.3) is 0 Å². The quantitative estimate of drug-likeness (QED) is 0.735. The van der Waals surface area contributed by atoms with Crippen LogP contribution in [0.1, 0.15) is 18.9 Å². The van der Waals surface area contributed by atoms with E-state index >= 15 is 0 Å². The lowest BCUT2D eigenvalue weighted by atomic mass is 10.0. The largest absolute Gasteiger partial charge is 0.330 e. The van der Waals surface area contributed by atoms with Gasteiger partial charge >= 0.3 is 0 Å². The average molecular weight is 169 g/mol. The fourth-order valence-electron chi connectivity index (χ4n) is 0.966. The van der Waals surface area contributed by atoms with Crippen molar-refractivity contribution in [3.63, 3.8) is 0 Å². The Morgan fingerprint density at radius 2 is 2.45 bits per heavy atom. The molecule has 1 heterocycles. The molecule has 11 heavy (non-hydrogen) atoms. The normalized spacial score (nSPS) is 13.3. The Morgan fingerprint density at radius 1 is 1.64 bits per heavy atom. The highest BCUT2D eigenvalue weighted by Gasteiger charge is 1.99. The van der Waals surface area contributed by atoms with Crippen LogP contribution in [0.15, 0.2) is 16.8 Å². The van der Waals surface area contributed by atoms with E-state index in [2.05, 4.69) is 23.8 Å². The molecule has 1 aromatic rings. The molecule has 1 nitrogen and oxygen atoms in total. The van der Waals surface area contributed by atoms with Crippen molar-refractivity contribution < 1.29 is 0 Å². The molecule has 0 radical (unpaired) electrons. The van der Waals surface area contributed by atoms with E-state index in [1.54, 1.807) is 11.3 Å². The van der Waals surface area contributed by atoms with Gasteiger partial charge in [-0.05, 0) is 47.7 Å². The van der Waals surface area contributed by atoms with E-state index in [9.17, 15) is 0 Å². The molecule has 0 aliphatic carbocycles. The third-order valence-corrected chi connectivity index (χ3v) is 2.64. The van der Waals surface area contributed by atoms with Gasteiger partial charge in [0.05, 0.1) is 0 Å². The lowest BCUT2D eigenvalue weighted by Gasteiger charge is -2.05. The molecule has 0 aromatic carbocycles. The summed E-state index contributed by atoms with van der Waals surface area (Å²) in [7, 11) is 0. The van der Waals surface area contributed by atoms with E-state index in [0.29, 0.717) is 5.92 Å². The predicted molar refractivity (Wildman–Crippen MR) is 50.9 cm³/mol. The predicted octanol–water partition coefficient (Wildman–Crippen LogP) is 2.28. The zero-order valence-corrected chi connectivity index (χ0v) is 7.73. The van der Waals surface area contributed by atoms with Gasteiger partial charge in [0, 0.05) is 0 Å². The summed E-state index contributed by atoms with van der Waals surface area (Å²) in [5.74, 6) is 0.662. The van der Waals surface area contributed by atoms with Crippen molar-refractivity contribution in [3.05, 3.63) is 22.4 Å². The topological polar surface area (TPSA) is 26.0 Å². The fourth-order valence-corrected chi connectivity index (χ4v) is 1.67. The first kappa shape index (κ1) is 8.75. The van der Waals surface area contributed by atoms with Gasteiger partial charge < -0.3 is 5.73 Å². The maximum atomic E-state index is 5.51. The van der Waals surface area contributed by atoms with Crippen LogP contribution in [0.5, 0.6) is 0 Å². The molecule has 0 bridgehead atoms. The molecule has 1 atom stereocenters. The van der Waals surface area contributed by atoms with Crippen molar-refractivity contribution in [3.8, 4) is 0 Å². The van der Waals surface area contributed by atoms with E-state index in [1.807, 2.05) is 0 Å². The molecular formula is C9H15NS. The number of hydrogen-bond acceptors (Lipinski definition) is 2. The van der Waals surface area contributed by atoms with Crippen LogP contribution in [0.3, 0.4) is 0 Å². The van der Waals surface area contributed by atoms with Gasteiger partial charge in [-0.1, -0.05) is 6.92 Å². The molecule has 2 heteroatoms. The Morgan fingerprint density at radius 3 is 3.00 bits per heavy atom. The Balaban J connectivity index is 2.23. The van der Waals surface area contributed by atoms with Crippen LogP contribution < -0.4 is 5.73 Å². The van der Waals surface area contributed by atoms with Crippen LogP contribution in [-0.2, 0) is 6.42 Å². The minimum atomic E-state index is 0.662. The fraction of sp³-hybridized carbons (Fsp3) is 0.556. The van der Waals surface area contributed by atoms with Crippen LogP contribution in [0.2, 0.25) is 0 Å². The van der Waals surface area contributed by atoms with Crippen molar-refractivity contribution in [2.45, 2.75) is 19.8 Å². The molecule has 0 fully saturated rings. The smallest absolute Gasteiger partial charge is 0.00514 e. The van der Waals surface area contributed by atoms with Crippen molar-refractivity contribution in [1.82, 2.24) is 0 Å². The minimum absolute atomic E-state index is 0.662. The first-order valence-corrected chi connectivity index (χ1v) is 4.98. The Hall–Kier alpha value is -0.340. The van der Waals surface area contributed by atoms with E-state index in [1.165, 1.54) is 18.4 Å². The monoisotopic (exact) mass is 169 g/mol. The summed E-state index contributed by atoms with van der Waals surface area (Å²) in [5, 5.41) is 4.34. The van der Waals surface area contributed by atoms with Gasteiger partial charge in [0.15, 0.2) is 0 Å². The molecule has 62 valence electrons. The maximum absolute atomic E-state index is 5.51. The maximum Gasteiger partial charge on any atom is -0.00514 e. The van der Waals surface area contributed by atoms with Gasteiger partial charge in [-0.2, -0.15) is 11.3 Å². The highest BCUT2D eigenvalue weighted by atomic mass is 32.1. The lowest BCUT2D eigenvalue weighted by molar-refractivity contribution is 0.545. The first-order valence-electron chi connectivity index (χ1n) is 4.04. The molecule has 1 unspecified atom stereocenters. The van der Waals surface area contributed by atoms with Crippen LogP contribution in [0.4, 0.5) is 0 Å². The zero-order valence-electron chi connectivity index (χ0n) is 6.92. The van der Waals surface area contributed by atoms with Gasteiger partial charge in [-0.15, -0.1) is 0 Å². The first-order chi connectivity index (χ1) is 5.33. The second-order valence-electron chi connectivity index (χ2n) is 3.01. The average Bonchev–Trinajstić information content (AvgIpc) is 2.52. The number of nitrogens with two attached hydrogens (primary N) is 1. The summed E-state index contributed by atoms with van der Waals surface area (Å²) in [4.78, 5) is 0. The Kier molecular flexibility index (Phi) is 3.60. The van der Waals surface area contributed by atoms with Crippen LogP contribution in [0, 0.1) is 5.92 Å². The number of thiophene rings is 1. The number of rotatable bonds is 4.